The van der Waals surface area contributed by atoms with Crippen LogP contribution in [0, 0.1) is 12.8 Å². The molecule has 2 fully saturated rings. The first-order valence-electron chi connectivity index (χ1n) is 6.73. The molecule has 1 saturated carbocycles. The highest BCUT2D eigenvalue weighted by atomic mass is 35.5. The van der Waals surface area contributed by atoms with Gasteiger partial charge in [-0.25, -0.2) is 4.98 Å². The van der Waals surface area contributed by atoms with Crippen LogP contribution in [0.5, 0.6) is 0 Å². The third-order valence-electron chi connectivity index (χ3n) is 4.35. The van der Waals surface area contributed by atoms with E-state index in [2.05, 4.69) is 14.9 Å². The first kappa shape index (κ1) is 12.0. The van der Waals surface area contributed by atoms with Crippen molar-refractivity contribution >= 4 is 23.1 Å². The Morgan fingerprint density at radius 2 is 2.00 bits per heavy atom. The number of fused-ring (bicyclic) bond motifs is 1. The van der Waals surface area contributed by atoms with Crippen LogP contribution in [0.2, 0.25) is 5.28 Å². The molecule has 1 aliphatic heterocycles. The summed E-state index contributed by atoms with van der Waals surface area (Å²) in [7, 11) is 0. The highest BCUT2D eigenvalue weighted by molar-refractivity contribution is 6.28. The fraction of sp³-hybridized carbons (Fsp3) is 0.692. The van der Waals surface area contributed by atoms with E-state index < -0.39 is 0 Å². The Kier molecular flexibility index (Phi) is 3.06. The van der Waals surface area contributed by atoms with Gasteiger partial charge >= 0.3 is 0 Å². The Morgan fingerprint density at radius 1 is 1.22 bits per heavy atom. The molecular weight excluding hydrogens is 248 g/mol. The minimum atomic E-state index is 0.303. The number of aryl methyl sites for hydroxylation is 1. The van der Waals surface area contributed by atoms with E-state index in [0.29, 0.717) is 17.0 Å². The number of nitrogens with two attached hydrogens (primary N) is 1. The maximum absolute atomic E-state index is 6.14. The summed E-state index contributed by atoms with van der Waals surface area (Å²) in [6.45, 7) is 2.93. The standard InChI is InChI=1S/C13H19ClN4/c1-8-11(15)12(17-13(14)16-8)18-7-3-5-9-4-2-6-10(9)18/h9-10H,2-7,15H2,1H3. The molecule has 1 aliphatic carbocycles. The number of aromatic nitrogens is 2. The smallest absolute Gasteiger partial charge is 0.224 e. The summed E-state index contributed by atoms with van der Waals surface area (Å²) in [5, 5.41) is 0.303. The second-order valence-electron chi connectivity index (χ2n) is 5.41. The van der Waals surface area contributed by atoms with Crippen molar-refractivity contribution < 1.29 is 0 Å². The summed E-state index contributed by atoms with van der Waals surface area (Å²) in [6.07, 6.45) is 6.49. The quantitative estimate of drug-likeness (QED) is 0.794. The lowest BCUT2D eigenvalue weighted by atomic mass is 9.92. The summed E-state index contributed by atoms with van der Waals surface area (Å²) in [4.78, 5) is 10.9. The van der Waals surface area contributed by atoms with Crippen LogP contribution >= 0.6 is 11.6 Å². The molecule has 2 atom stereocenters. The molecule has 18 heavy (non-hydrogen) atoms. The highest BCUT2D eigenvalue weighted by Gasteiger charge is 2.36. The molecule has 0 radical (unpaired) electrons. The summed E-state index contributed by atoms with van der Waals surface area (Å²) in [5.74, 6) is 1.66. The van der Waals surface area contributed by atoms with Crippen LogP contribution in [0.15, 0.2) is 0 Å². The molecule has 5 heteroatoms. The van der Waals surface area contributed by atoms with Crippen LogP contribution in [0.25, 0.3) is 0 Å². The zero-order chi connectivity index (χ0) is 12.7. The Balaban J connectivity index is 1.98. The SMILES string of the molecule is Cc1nc(Cl)nc(N2CCCC3CCCC32)c1N. The lowest BCUT2D eigenvalue weighted by molar-refractivity contribution is 0.360. The lowest BCUT2D eigenvalue weighted by Gasteiger charge is -2.39. The third kappa shape index (κ3) is 1.92. The molecule has 2 heterocycles. The molecule has 3 rings (SSSR count). The number of rotatable bonds is 1. The van der Waals surface area contributed by atoms with Crippen molar-refractivity contribution in [1.29, 1.82) is 0 Å². The minimum Gasteiger partial charge on any atom is -0.394 e. The second-order valence-corrected chi connectivity index (χ2v) is 5.75. The number of anilines is 2. The van der Waals surface area contributed by atoms with Crippen molar-refractivity contribution in [2.45, 2.75) is 45.1 Å². The maximum atomic E-state index is 6.14. The monoisotopic (exact) mass is 266 g/mol. The number of hydrogen-bond acceptors (Lipinski definition) is 4. The van der Waals surface area contributed by atoms with Gasteiger partial charge in [-0.05, 0) is 50.1 Å². The third-order valence-corrected chi connectivity index (χ3v) is 4.52. The molecular formula is C13H19ClN4. The summed E-state index contributed by atoms with van der Waals surface area (Å²) >= 11 is 5.98. The predicted molar refractivity (Wildman–Crippen MR) is 73.9 cm³/mol. The van der Waals surface area contributed by atoms with E-state index in [4.69, 9.17) is 17.3 Å². The van der Waals surface area contributed by atoms with Crippen LogP contribution in [0.3, 0.4) is 0 Å². The number of hydrogen-bond donors (Lipinski definition) is 1. The Labute approximate surface area is 113 Å². The van der Waals surface area contributed by atoms with Gasteiger partial charge in [-0.3, -0.25) is 0 Å². The maximum Gasteiger partial charge on any atom is 0.224 e. The first-order valence-corrected chi connectivity index (χ1v) is 7.11. The summed E-state index contributed by atoms with van der Waals surface area (Å²) in [6, 6.07) is 0.603. The van der Waals surface area contributed by atoms with Crippen molar-refractivity contribution in [1.82, 2.24) is 9.97 Å². The fourth-order valence-electron chi connectivity index (χ4n) is 3.47. The summed E-state index contributed by atoms with van der Waals surface area (Å²) < 4.78 is 0. The van der Waals surface area contributed by atoms with Gasteiger partial charge in [0.05, 0.1) is 11.4 Å². The molecule has 98 valence electrons. The average Bonchev–Trinajstić information content (AvgIpc) is 2.81. The van der Waals surface area contributed by atoms with Crippen molar-refractivity contribution in [3.05, 3.63) is 11.0 Å². The molecule has 1 aromatic rings. The van der Waals surface area contributed by atoms with Crippen molar-refractivity contribution in [3.63, 3.8) is 0 Å². The Bertz CT molecular complexity index is 463. The van der Waals surface area contributed by atoms with E-state index in [1.807, 2.05) is 6.92 Å². The second kappa shape index (κ2) is 4.57. The Hall–Kier alpha value is -1.03. The van der Waals surface area contributed by atoms with Crippen molar-refractivity contribution in [2.75, 3.05) is 17.2 Å². The summed E-state index contributed by atoms with van der Waals surface area (Å²) in [5.41, 5.74) is 7.61. The van der Waals surface area contributed by atoms with Crippen LogP contribution in [0.4, 0.5) is 11.5 Å². The number of piperidine rings is 1. The van der Waals surface area contributed by atoms with Gasteiger partial charge in [0.1, 0.15) is 0 Å². The number of nitrogen functional groups attached to an aromatic ring is 1. The van der Waals surface area contributed by atoms with E-state index in [0.717, 1.165) is 24.0 Å². The van der Waals surface area contributed by atoms with Gasteiger partial charge in [0.25, 0.3) is 0 Å². The van der Waals surface area contributed by atoms with Gasteiger partial charge in [0.15, 0.2) is 5.82 Å². The van der Waals surface area contributed by atoms with E-state index in [9.17, 15) is 0 Å². The van der Waals surface area contributed by atoms with Gasteiger partial charge in [-0.15, -0.1) is 0 Å². The molecule has 1 saturated heterocycles. The van der Waals surface area contributed by atoms with E-state index >= 15 is 0 Å². The largest absolute Gasteiger partial charge is 0.394 e. The average molecular weight is 267 g/mol. The predicted octanol–water partition coefficient (Wildman–Crippen LogP) is 2.79. The van der Waals surface area contributed by atoms with Gasteiger partial charge in [-0.1, -0.05) is 6.42 Å². The zero-order valence-corrected chi connectivity index (χ0v) is 11.5. The molecule has 2 aliphatic rings. The van der Waals surface area contributed by atoms with Gasteiger partial charge in [0, 0.05) is 12.6 Å². The topological polar surface area (TPSA) is 55.0 Å². The van der Waals surface area contributed by atoms with Crippen LogP contribution in [-0.2, 0) is 0 Å². The van der Waals surface area contributed by atoms with Crippen LogP contribution in [-0.4, -0.2) is 22.6 Å². The molecule has 0 amide bonds. The van der Waals surface area contributed by atoms with E-state index in [1.165, 1.54) is 32.1 Å². The van der Waals surface area contributed by atoms with Crippen LogP contribution in [0.1, 0.15) is 37.8 Å². The number of nitrogens with zero attached hydrogens (tertiary/aromatic N) is 3. The normalized spacial score (nSPS) is 27.3. The van der Waals surface area contributed by atoms with Gasteiger partial charge in [0.2, 0.25) is 5.28 Å². The van der Waals surface area contributed by atoms with Gasteiger partial charge in [-0.2, -0.15) is 4.98 Å². The molecule has 0 bridgehead atoms. The molecule has 0 aromatic carbocycles. The molecule has 2 N–H and O–H groups in total. The van der Waals surface area contributed by atoms with Crippen molar-refractivity contribution in [2.24, 2.45) is 5.92 Å². The lowest BCUT2D eigenvalue weighted by Crippen LogP contribution is -2.43. The number of halogens is 1. The van der Waals surface area contributed by atoms with Crippen LogP contribution < -0.4 is 10.6 Å². The van der Waals surface area contributed by atoms with E-state index in [1.54, 1.807) is 0 Å². The van der Waals surface area contributed by atoms with Crippen molar-refractivity contribution in [3.8, 4) is 0 Å². The molecule has 1 aromatic heterocycles. The fourth-order valence-corrected chi connectivity index (χ4v) is 3.68. The Morgan fingerprint density at radius 3 is 2.83 bits per heavy atom. The first-order chi connectivity index (χ1) is 8.66. The highest BCUT2D eigenvalue weighted by Crippen LogP contribution is 2.40. The minimum absolute atomic E-state index is 0.303. The molecule has 0 spiro atoms. The van der Waals surface area contributed by atoms with Gasteiger partial charge < -0.3 is 10.6 Å². The van der Waals surface area contributed by atoms with E-state index in [-0.39, 0.29) is 0 Å². The zero-order valence-electron chi connectivity index (χ0n) is 10.7. The molecule has 4 nitrogen and oxygen atoms in total. The molecule has 2 unspecified atom stereocenters.